The second-order valence-corrected chi connectivity index (χ2v) is 7.44. The molecule has 1 aromatic heterocycles. The Morgan fingerprint density at radius 3 is 2.93 bits per heavy atom. The summed E-state index contributed by atoms with van der Waals surface area (Å²) < 4.78 is 18.2. The largest absolute Gasteiger partial charge is 0.486 e. The first-order valence-electron chi connectivity index (χ1n) is 10.1. The van der Waals surface area contributed by atoms with Crippen LogP contribution in [0.15, 0.2) is 18.2 Å². The first-order valence-corrected chi connectivity index (χ1v) is 10.1. The van der Waals surface area contributed by atoms with Crippen LogP contribution in [0.3, 0.4) is 0 Å². The Morgan fingerprint density at radius 2 is 2.10 bits per heavy atom. The molecule has 3 heterocycles. The number of methoxy groups -OCH3 is 1. The van der Waals surface area contributed by atoms with Crippen LogP contribution in [0.25, 0.3) is 0 Å². The summed E-state index contributed by atoms with van der Waals surface area (Å²) in [6.07, 6.45) is 1.66. The van der Waals surface area contributed by atoms with Crippen molar-refractivity contribution in [1.29, 1.82) is 0 Å². The van der Waals surface area contributed by atoms with Crippen molar-refractivity contribution in [2.24, 2.45) is 7.05 Å². The Bertz CT molecular complexity index is 880. The van der Waals surface area contributed by atoms with Gasteiger partial charge in [-0.15, -0.1) is 0 Å². The van der Waals surface area contributed by atoms with Gasteiger partial charge >= 0.3 is 0 Å². The summed E-state index contributed by atoms with van der Waals surface area (Å²) in [5.74, 6) is 1.50. The number of nitrogens with zero attached hydrogens (tertiary/aromatic N) is 3. The van der Waals surface area contributed by atoms with Crippen LogP contribution in [0.4, 0.5) is 0 Å². The summed E-state index contributed by atoms with van der Waals surface area (Å²) in [6, 6.07) is 6.11. The minimum Gasteiger partial charge on any atom is -0.486 e. The van der Waals surface area contributed by atoms with E-state index in [1.54, 1.807) is 7.11 Å². The third-order valence-corrected chi connectivity index (χ3v) is 5.36. The third-order valence-electron chi connectivity index (χ3n) is 5.36. The maximum atomic E-state index is 12.6. The number of hydrogen-bond donors (Lipinski definition) is 1. The van der Waals surface area contributed by atoms with Gasteiger partial charge in [0.05, 0.1) is 0 Å². The predicted molar refractivity (Wildman–Crippen MR) is 107 cm³/mol. The van der Waals surface area contributed by atoms with Crippen molar-refractivity contribution in [3.8, 4) is 11.5 Å². The van der Waals surface area contributed by atoms with Crippen molar-refractivity contribution in [3.63, 3.8) is 0 Å². The van der Waals surface area contributed by atoms with E-state index in [4.69, 9.17) is 14.2 Å². The molecule has 2 aromatic rings. The zero-order valence-corrected chi connectivity index (χ0v) is 17.1. The molecule has 0 saturated heterocycles. The number of aryl methyl sites for hydroxylation is 1. The lowest BCUT2D eigenvalue weighted by Crippen LogP contribution is -2.32. The van der Waals surface area contributed by atoms with E-state index in [9.17, 15) is 4.79 Å². The molecular formula is C21H28N4O4. The van der Waals surface area contributed by atoms with Crippen LogP contribution in [0.5, 0.6) is 11.5 Å². The number of carbonyl (C=O) groups is 1. The highest BCUT2D eigenvalue weighted by Crippen LogP contribution is 2.32. The molecule has 8 heteroatoms. The molecule has 1 N–H and O–H groups in total. The Morgan fingerprint density at radius 1 is 1.28 bits per heavy atom. The molecule has 4 rings (SSSR count). The molecule has 156 valence electrons. The predicted octanol–water partition coefficient (Wildman–Crippen LogP) is 1.52. The van der Waals surface area contributed by atoms with Crippen molar-refractivity contribution < 1.29 is 19.0 Å². The van der Waals surface area contributed by atoms with E-state index < -0.39 is 0 Å². The second-order valence-electron chi connectivity index (χ2n) is 7.44. The van der Waals surface area contributed by atoms with E-state index in [1.165, 1.54) is 5.56 Å². The molecule has 1 aromatic carbocycles. The fourth-order valence-corrected chi connectivity index (χ4v) is 3.91. The molecular weight excluding hydrogens is 372 g/mol. The molecule has 0 fully saturated rings. The molecule has 0 aliphatic carbocycles. The van der Waals surface area contributed by atoms with Crippen molar-refractivity contribution in [3.05, 3.63) is 40.7 Å². The van der Waals surface area contributed by atoms with E-state index in [2.05, 4.69) is 27.4 Å². The molecule has 0 spiro atoms. The fraction of sp³-hybridized carbons (Fsp3) is 0.524. The SMILES string of the molecule is COCCCNC(=O)c1nn(C)c2c1CN(Cc1ccc3c(c1)OCCO3)CC2. The summed E-state index contributed by atoms with van der Waals surface area (Å²) in [7, 11) is 3.57. The Hall–Kier alpha value is -2.58. The van der Waals surface area contributed by atoms with Gasteiger partial charge in [-0.2, -0.15) is 5.10 Å². The smallest absolute Gasteiger partial charge is 0.272 e. The van der Waals surface area contributed by atoms with Crippen molar-refractivity contribution >= 4 is 5.91 Å². The van der Waals surface area contributed by atoms with Crippen molar-refractivity contribution in [1.82, 2.24) is 20.0 Å². The van der Waals surface area contributed by atoms with E-state index in [1.807, 2.05) is 17.8 Å². The van der Waals surface area contributed by atoms with Crippen LogP contribution >= 0.6 is 0 Å². The van der Waals surface area contributed by atoms with E-state index >= 15 is 0 Å². The molecule has 2 aliphatic heterocycles. The molecule has 8 nitrogen and oxygen atoms in total. The van der Waals surface area contributed by atoms with Gasteiger partial charge < -0.3 is 19.5 Å². The van der Waals surface area contributed by atoms with Crippen LogP contribution in [-0.4, -0.2) is 60.6 Å². The quantitative estimate of drug-likeness (QED) is 0.710. The van der Waals surface area contributed by atoms with Gasteiger partial charge in [-0.05, 0) is 24.1 Å². The first-order chi connectivity index (χ1) is 14.2. The molecule has 1 amide bonds. The van der Waals surface area contributed by atoms with Gasteiger partial charge in [0.2, 0.25) is 0 Å². The summed E-state index contributed by atoms with van der Waals surface area (Å²) in [5.41, 5.74) is 3.88. The van der Waals surface area contributed by atoms with Gasteiger partial charge in [0.25, 0.3) is 5.91 Å². The maximum absolute atomic E-state index is 12.6. The normalized spacial score (nSPS) is 15.8. The number of benzene rings is 1. The van der Waals surface area contributed by atoms with E-state index in [0.717, 1.165) is 48.7 Å². The summed E-state index contributed by atoms with van der Waals surface area (Å²) in [4.78, 5) is 15.0. The number of aromatic nitrogens is 2. The van der Waals surface area contributed by atoms with E-state index in [-0.39, 0.29) is 5.91 Å². The zero-order chi connectivity index (χ0) is 20.2. The van der Waals surface area contributed by atoms with E-state index in [0.29, 0.717) is 38.6 Å². The van der Waals surface area contributed by atoms with Crippen LogP contribution in [0.2, 0.25) is 0 Å². The van der Waals surface area contributed by atoms with Crippen LogP contribution < -0.4 is 14.8 Å². The van der Waals surface area contributed by atoms with Gasteiger partial charge in [-0.1, -0.05) is 6.07 Å². The lowest BCUT2D eigenvalue weighted by Gasteiger charge is -2.28. The molecule has 0 bridgehead atoms. The zero-order valence-electron chi connectivity index (χ0n) is 17.1. The Balaban J connectivity index is 1.44. The molecule has 29 heavy (non-hydrogen) atoms. The monoisotopic (exact) mass is 400 g/mol. The topological polar surface area (TPSA) is 77.9 Å². The lowest BCUT2D eigenvalue weighted by molar-refractivity contribution is 0.0940. The van der Waals surface area contributed by atoms with Gasteiger partial charge in [0, 0.05) is 64.6 Å². The lowest BCUT2D eigenvalue weighted by atomic mass is 10.0. The highest BCUT2D eigenvalue weighted by molar-refractivity contribution is 5.94. The highest BCUT2D eigenvalue weighted by Gasteiger charge is 2.27. The summed E-state index contributed by atoms with van der Waals surface area (Å²) in [6.45, 7) is 4.82. The van der Waals surface area contributed by atoms with Gasteiger partial charge in [-0.25, -0.2) is 0 Å². The van der Waals surface area contributed by atoms with Crippen LogP contribution in [0, 0.1) is 0 Å². The van der Waals surface area contributed by atoms with Crippen molar-refractivity contribution in [2.45, 2.75) is 25.9 Å². The van der Waals surface area contributed by atoms with Gasteiger partial charge in [0.1, 0.15) is 13.2 Å². The average Bonchev–Trinajstić information content (AvgIpc) is 3.07. The summed E-state index contributed by atoms with van der Waals surface area (Å²) in [5, 5.41) is 7.45. The number of amides is 1. The Labute approximate surface area is 170 Å². The number of hydrogen-bond acceptors (Lipinski definition) is 6. The molecule has 0 unspecified atom stereocenters. The van der Waals surface area contributed by atoms with Gasteiger partial charge in [-0.3, -0.25) is 14.4 Å². The molecule has 0 saturated carbocycles. The third kappa shape index (κ3) is 4.38. The number of carbonyl (C=O) groups excluding carboxylic acids is 1. The molecule has 0 atom stereocenters. The van der Waals surface area contributed by atoms with Crippen LogP contribution in [0.1, 0.15) is 33.7 Å². The van der Waals surface area contributed by atoms with Crippen LogP contribution in [-0.2, 0) is 31.3 Å². The minimum absolute atomic E-state index is 0.112. The molecule has 0 radical (unpaired) electrons. The van der Waals surface area contributed by atoms with Gasteiger partial charge in [0.15, 0.2) is 17.2 Å². The average molecular weight is 400 g/mol. The highest BCUT2D eigenvalue weighted by atomic mass is 16.6. The summed E-state index contributed by atoms with van der Waals surface area (Å²) >= 11 is 0. The number of nitrogens with one attached hydrogen (secondary N) is 1. The standard InChI is InChI=1S/C21H28N4O4/c1-24-17-6-8-25(13-15-4-5-18-19(12-15)29-11-10-28-18)14-16(17)20(23-24)21(26)22-7-3-9-27-2/h4-5,12H,3,6-11,13-14H2,1-2H3,(H,22,26). The molecule has 2 aliphatic rings. The van der Waals surface area contributed by atoms with Crippen molar-refractivity contribution in [2.75, 3.05) is 40.0 Å². The number of rotatable bonds is 7. The number of fused-ring (bicyclic) bond motifs is 2. The first kappa shape index (κ1) is 19.7. The number of ether oxygens (including phenoxy) is 3. The second kappa shape index (κ2) is 8.84. The fourth-order valence-electron chi connectivity index (χ4n) is 3.91. The Kier molecular flexibility index (Phi) is 6.01. The maximum Gasteiger partial charge on any atom is 0.272 e. The minimum atomic E-state index is -0.112.